The van der Waals surface area contributed by atoms with E-state index < -0.39 is 0 Å². The molecule has 0 radical (unpaired) electrons. The maximum atomic E-state index is 5.94. The van der Waals surface area contributed by atoms with E-state index in [-0.39, 0.29) is 0 Å². The Morgan fingerprint density at radius 2 is 1.88 bits per heavy atom. The van der Waals surface area contributed by atoms with E-state index in [4.69, 9.17) is 11.6 Å². The van der Waals surface area contributed by atoms with Gasteiger partial charge in [-0.2, -0.15) is 0 Å². The Hall–Kier alpha value is -2.10. The number of hydrogen-bond acceptors (Lipinski definition) is 4. The Kier molecular flexibility index (Phi) is 8.05. The molecule has 1 saturated heterocycles. The van der Waals surface area contributed by atoms with Gasteiger partial charge in [0, 0.05) is 53.8 Å². The lowest BCUT2D eigenvalue weighted by molar-refractivity contribution is 0.308. The van der Waals surface area contributed by atoms with Crippen molar-refractivity contribution in [2.75, 3.05) is 31.2 Å². The fraction of sp³-hybridized carbons (Fsp3) is 0.385. The molecule has 4 rings (SSSR count). The van der Waals surface area contributed by atoms with Crippen LogP contribution in [-0.4, -0.2) is 40.8 Å². The molecule has 0 aliphatic carbocycles. The van der Waals surface area contributed by atoms with Crippen molar-refractivity contribution in [3.63, 3.8) is 0 Å². The molecular formula is C26H31ClN4S. The molecule has 1 aromatic heterocycles. The van der Waals surface area contributed by atoms with Crippen molar-refractivity contribution in [3.8, 4) is 11.8 Å². The predicted octanol–water partition coefficient (Wildman–Crippen LogP) is 5.61. The van der Waals surface area contributed by atoms with Gasteiger partial charge in [-0.05, 0) is 80.0 Å². The van der Waals surface area contributed by atoms with E-state index in [2.05, 4.69) is 68.8 Å². The summed E-state index contributed by atoms with van der Waals surface area (Å²) < 4.78 is 4.74. The third kappa shape index (κ3) is 5.82. The third-order valence-electron chi connectivity index (χ3n) is 6.03. The van der Waals surface area contributed by atoms with Gasteiger partial charge in [0.25, 0.3) is 0 Å². The van der Waals surface area contributed by atoms with Gasteiger partial charge in [-0.25, -0.2) is 0 Å². The molecule has 2 N–H and O–H groups in total. The number of nitrogens with one attached hydrogen (secondary N) is 2. The minimum absolute atomic E-state index is 0.595. The van der Waals surface area contributed by atoms with Crippen molar-refractivity contribution in [1.82, 2.24) is 14.2 Å². The number of fused-ring (bicyclic) bond motifs is 1. The van der Waals surface area contributed by atoms with Crippen LogP contribution in [0.3, 0.4) is 0 Å². The zero-order valence-corrected chi connectivity index (χ0v) is 20.4. The molecule has 4 nitrogen and oxygen atoms in total. The Balaban J connectivity index is 1.39. The van der Waals surface area contributed by atoms with Crippen LogP contribution in [-0.2, 0) is 13.1 Å². The second-order valence-electron chi connectivity index (χ2n) is 8.10. The standard InChI is InChI=1S/C26H31ClN4S/c1-3-31-25(5-4-14-28-23-9-7-22(27)8-10-23)18-21-17-20(6-11-26(21)31)19-29-24-12-15-30(32-2)16-13-24/h6-11,17-18,24,28-29H,3,12-16,19H2,1-2H3. The van der Waals surface area contributed by atoms with E-state index >= 15 is 0 Å². The van der Waals surface area contributed by atoms with Crippen molar-refractivity contribution in [1.29, 1.82) is 0 Å². The largest absolute Gasteiger partial charge is 0.374 e. The Morgan fingerprint density at radius 1 is 1.09 bits per heavy atom. The molecule has 2 aromatic carbocycles. The van der Waals surface area contributed by atoms with Crippen LogP contribution in [0.2, 0.25) is 5.02 Å². The number of aryl methyl sites for hydroxylation is 1. The molecule has 0 unspecified atom stereocenters. The number of nitrogens with zero attached hydrogens (tertiary/aromatic N) is 2. The highest BCUT2D eigenvalue weighted by Crippen LogP contribution is 2.22. The molecule has 32 heavy (non-hydrogen) atoms. The first-order valence-electron chi connectivity index (χ1n) is 11.3. The summed E-state index contributed by atoms with van der Waals surface area (Å²) in [5, 5.41) is 9.08. The number of anilines is 1. The lowest BCUT2D eigenvalue weighted by Crippen LogP contribution is -2.39. The third-order valence-corrected chi connectivity index (χ3v) is 7.16. The first-order chi connectivity index (χ1) is 15.7. The van der Waals surface area contributed by atoms with Gasteiger partial charge in [0.2, 0.25) is 0 Å². The fourth-order valence-corrected chi connectivity index (χ4v) is 4.93. The van der Waals surface area contributed by atoms with Crippen molar-refractivity contribution in [3.05, 3.63) is 64.8 Å². The molecule has 0 atom stereocenters. The van der Waals surface area contributed by atoms with Crippen LogP contribution in [0.5, 0.6) is 0 Å². The van der Waals surface area contributed by atoms with Gasteiger partial charge in [-0.15, -0.1) is 0 Å². The molecule has 1 aliphatic rings. The smallest absolute Gasteiger partial charge is 0.0931 e. The first kappa shape index (κ1) is 23.1. The Morgan fingerprint density at radius 3 is 2.59 bits per heavy atom. The predicted molar refractivity (Wildman–Crippen MR) is 139 cm³/mol. The van der Waals surface area contributed by atoms with Crippen molar-refractivity contribution >= 4 is 40.1 Å². The van der Waals surface area contributed by atoms with Crippen molar-refractivity contribution < 1.29 is 0 Å². The summed E-state index contributed by atoms with van der Waals surface area (Å²) in [6.45, 7) is 6.94. The van der Waals surface area contributed by atoms with Crippen LogP contribution in [0, 0.1) is 11.8 Å². The fourth-order valence-electron chi connectivity index (χ4n) is 4.23. The molecule has 3 aromatic rings. The lowest BCUT2D eigenvalue weighted by Gasteiger charge is -2.30. The maximum absolute atomic E-state index is 5.94. The Bertz CT molecular complexity index is 1090. The van der Waals surface area contributed by atoms with Crippen LogP contribution in [0.25, 0.3) is 10.9 Å². The van der Waals surface area contributed by atoms with E-state index in [1.165, 1.54) is 42.4 Å². The van der Waals surface area contributed by atoms with Crippen LogP contribution < -0.4 is 10.6 Å². The number of benzene rings is 2. The van der Waals surface area contributed by atoms with Crippen LogP contribution in [0.4, 0.5) is 5.69 Å². The molecule has 1 aliphatic heterocycles. The molecule has 168 valence electrons. The van der Waals surface area contributed by atoms with Crippen LogP contribution in [0.1, 0.15) is 31.0 Å². The second-order valence-corrected chi connectivity index (χ2v) is 9.41. The number of halogens is 1. The van der Waals surface area contributed by atoms with Crippen molar-refractivity contribution in [2.24, 2.45) is 0 Å². The topological polar surface area (TPSA) is 32.2 Å². The molecule has 2 heterocycles. The summed E-state index contributed by atoms with van der Waals surface area (Å²) in [6.07, 6.45) is 4.61. The van der Waals surface area contributed by atoms with Gasteiger partial charge >= 0.3 is 0 Å². The van der Waals surface area contributed by atoms with Gasteiger partial charge in [0.1, 0.15) is 0 Å². The number of aromatic nitrogens is 1. The normalized spacial score (nSPS) is 15.0. The van der Waals surface area contributed by atoms with Gasteiger partial charge in [0.05, 0.1) is 12.2 Å². The minimum Gasteiger partial charge on any atom is -0.374 e. The quantitative estimate of drug-likeness (QED) is 0.350. The summed E-state index contributed by atoms with van der Waals surface area (Å²) in [7, 11) is 0. The van der Waals surface area contributed by atoms with Crippen molar-refractivity contribution in [2.45, 2.75) is 38.9 Å². The molecule has 0 amide bonds. The molecule has 1 fully saturated rings. The maximum Gasteiger partial charge on any atom is 0.0931 e. The van der Waals surface area contributed by atoms with E-state index in [9.17, 15) is 0 Å². The van der Waals surface area contributed by atoms with Gasteiger partial charge in [-0.1, -0.05) is 35.5 Å². The second kappa shape index (κ2) is 11.2. The van der Waals surface area contributed by atoms with Crippen LogP contribution in [0.15, 0.2) is 48.5 Å². The van der Waals surface area contributed by atoms with E-state index in [1.807, 2.05) is 36.2 Å². The van der Waals surface area contributed by atoms with Gasteiger partial charge < -0.3 is 15.2 Å². The van der Waals surface area contributed by atoms with E-state index in [0.29, 0.717) is 12.6 Å². The number of piperidine rings is 1. The summed E-state index contributed by atoms with van der Waals surface area (Å²) in [6, 6.07) is 17.3. The Labute approximate surface area is 200 Å². The zero-order valence-electron chi connectivity index (χ0n) is 18.8. The zero-order chi connectivity index (χ0) is 22.3. The minimum atomic E-state index is 0.595. The summed E-state index contributed by atoms with van der Waals surface area (Å²) >= 11 is 7.80. The van der Waals surface area contributed by atoms with E-state index in [0.717, 1.165) is 29.5 Å². The highest BCUT2D eigenvalue weighted by molar-refractivity contribution is 7.96. The highest BCUT2D eigenvalue weighted by atomic mass is 35.5. The SMILES string of the molecule is CCn1c(C#CCNc2ccc(Cl)cc2)cc2cc(CNC3CCN(SC)CC3)ccc21. The highest BCUT2D eigenvalue weighted by Gasteiger charge is 2.18. The number of hydrogen-bond donors (Lipinski definition) is 2. The average molecular weight is 467 g/mol. The monoisotopic (exact) mass is 466 g/mol. The van der Waals surface area contributed by atoms with Crippen LogP contribution >= 0.6 is 23.5 Å². The summed E-state index contributed by atoms with van der Waals surface area (Å²) in [5.74, 6) is 6.61. The molecular weight excluding hydrogens is 436 g/mol. The number of rotatable bonds is 7. The van der Waals surface area contributed by atoms with Gasteiger partial charge in [-0.3, -0.25) is 4.31 Å². The molecule has 0 saturated carbocycles. The average Bonchev–Trinajstić information content (AvgIpc) is 3.18. The summed E-state index contributed by atoms with van der Waals surface area (Å²) in [5.41, 5.74) is 4.67. The summed E-state index contributed by atoms with van der Waals surface area (Å²) in [4.78, 5) is 0. The molecule has 6 heteroatoms. The molecule has 0 spiro atoms. The van der Waals surface area contributed by atoms with Gasteiger partial charge in [0.15, 0.2) is 0 Å². The van der Waals surface area contributed by atoms with E-state index in [1.54, 1.807) is 0 Å². The lowest BCUT2D eigenvalue weighted by atomic mass is 10.1. The molecule has 0 bridgehead atoms. The first-order valence-corrected chi connectivity index (χ1v) is 12.8.